The Bertz CT molecular complexity index is 991. The van der Waals surface area contributed by atoms with Crippen molar-refractivity contribution in [2.75, 3.05) is 26.4 Å². The molecule has 2 unspecified atom stereocenters. The average molecular weight is 485 g/mol. The van der Waals surface area contributed by atoms with Crippen molar-refractivity contribution in [3.05, 3.63) is 65.4 Å². The molecule has 2 aliphatic rings. The molecule has 2 atom stereocenters. The second kappa shape index (κ2) is 11.2. The van der Waals surface area contributed by atoms with Crippen LogP contribution in [0, 0.1) is 5.21 Å². The lowest BCUT2D eigenvalue weighted by molar-refractivity contribution is -0.155. The third-order valence-corrected chi connectivity index (χ3v) is 7.50. The summed E-state index contributed by atoms with van der Waals surface area (Å²) in [6.07, 6.45) is 9.07. The SMILES string of the molecule is C=CCCCc1ccc(OCC(=O)OC2CN(CC=C)C[N+]2([O-])c2nnc(C3CCC3)s2)cc1. The fourth-order valence-electron chi connectivity index (χ4n) is 4.15. The number of carbonyl (C=O) groups is 1. The standard InChI is InChI=1S/C25H32N4O4S/c1-3-5-6-8-19-11-13-21(14-12-19)32-17-23(30)33-22-16-28(15-4-2)18-29(22,31)25-27-26-24(34-25)20-9-7-10-20/h3-4,11-14,20,22H,1-2,5-10,15-18H2. The van der Waals surface area contributed by atoms with Crippen LogP contribution in [0.15, 0.2) is 49.6 Å². The van der Waals surface area contributed by atoms with E-state index in [1.165, 1.54) is 23.3 Å². The summed E-state index contributed by atoms with van der Waals surface area (Å²) in [5.41, 5.74) is 1.21. The number of hydrogen-bond donors (Lipinski definition) is 0. The zero-order chi connectivity index (χ0) is 24.0. The summed E-state index contributed by atoms with van der Waals surface area (Å²) in [6, 6.07) is 7.66. The predicted octanol–water partition coefficient (Wildman–Crippen LogP) is 4.53. The fourth-order valence-corrected chi connectivity index (χ4v) is 5.23. The Morgan fingerprint density at radius 2 is 2.03 bits per heavy atom. The van der Waals surface area contributed by atoms with Crippen LogP contribution in [0.4, 0.5) is 5.13 Å². The summed E-state index contributed by atoms with van der Waals surface area (Å²) >= 11 is 1.34. The van der Waals surface area contributed by atoms with Gasteiger partial charge in [0.15, 0.2) is 6.61 Å². The third-order valence-electron chi connectivity index (χ3n) is 6.31. The molecule has 0 radical (unpaired) electrons. The highest BCUT2D eigenvalue weighted by Crippen LogP contribution is 2.42. The van der Waals surface area contributed by atoms with Gasteiger partial charge in [0, 0.05) is 12.5 Å². The summed E-state index contributed by atoms with van der Waals surface area (Å²) in [4.78, 5) is 14.5. The fraction of sp³-hybridized carbons (Fsp3) is 0.480. The minimum atomic E-state index is -0.925. The molecule has 1 aliphatic heterocycles. The molecule has 0 amide bonds. The maximum absolute atomic E-state index is 13.9. The van der Waals surface area contributed by atoms with Gasteiger partial charge in [0.25, 0.3) is 6.23 Å². The molecule has 1 aromatic carbocycles. The van der Waals surface area contributed by atoms with E-state index in [0.717, 1.165) is 37.1 Å². The van der Waals surface area contributed by atoms with Crippen LogP contribution in [0.2, 0.25) is 0 Å². The molecule has 1 aromatic heterocycles. The summed E-state index contributed by atoms with van der Waals surface area (Å²) < 4.78 is 10.4. The number of aryl methyl sites for hydroxylation is 1. The van der Waals surface area contributed by atoms with Gasteiger partial charge in [0.2, 0.25) is 0 Å². The van der Waals surface area contributed by atoms with Gasteiger partial charge >= 0.3 is 11.1 Å². The van der Waals surface area contributed by atoms with Gasteiger partial charge in [-0.2, -0.15) is 0 Å². The Kier molecular flexibility index (Phi) is 8.10. The number of allylic oxidation sites excluding steroid dienone is 1. The number of carbonyl (C=O) groups excluding carboxylic acids is 1. The van der Waals surface area contributed by atoms with Gasteiger partial charge < -0.3 is 14.7 Å². The van der Waals surface area contributed by atoms with E-state index in [2.05, 4.69) is 23.4 Å². The summed E-state index contributed by atoms with van der Waals surface area (Å²) in [5.74, 6) is 0.399. The highest BCUT2D eigenvalue weighted by Gasteiger charge is 2.46. The van der Waals surface area contributed by atoms with Crippen molar-refractivity contribution in [2.45, 2.75) is 50.7 Å². The number of aromatic nitrogens is 2. The molecular formula is C25H32N4O4S. The third kappa shape index (κ3) is 5.72. The van der Waals surface area contributed by atoms with Crippen LogP contribution in [0.5, 0.6) is 5.75 Å². The largest absolute Gasteiger partial charge is 0.622 e. The van der Waals surface area contributed by atoms with Gasteiger partial charge in [-0.25, -0.2) is 9.69 Å². The highest BCUT2D eigenvalue weighted by atomic mass is 32.1. The molecule has 1 saturated heterocycles. The number of hydrogen-bond acceptors (Lipinski definition) is 8. The number of benzene rings is 1. The van der Waals surface area contributed by atoms with Crippen molar-refractivity contribution in [2.24, 2.45) is 0 Å². The predicted molar refractivity (Wildman–Crippen MR) is 133 cm³/mol. The van der Waals surface area contributed by atoms with Gasteiger partial charge in [0.05, 0.1) is 6.54 Å². The van der Waals surface area contributed by atoms with E-state index in [1.807, 2.05) is 35.2 Å². The van der Waals surface area contributed by atoms with Crippen molar-refractivity contribution >= 4 is 22.4 Å². The van der Waals surface area contributed by atoms with Gasteiger partial charge in [-0.1, -0.05) is 35.8 Å². The molecule has 0 N–H and O–H groups in total. The Hall–Kier alpha value is -2.59. The van der Waals surface area contributed by atoms with Crippen molar-refractivity contribution in [1.29, 1.82) is 0 Å². The van der Waals surface area contributed by atoms with Crippen LogP contribution >= 0.6 is 11.3 Å². The minimum absolute atomic E-state index is 0.136. The first-order valence-electron chi connectivity index (χ1n) is 11.8. The Morgan fingerprint density at radius 1 is 1.24 bits per heavy atom. The molecular weight excluding hydrogens is 452 g/mol. The molecule has 2 heterocycles. The summed E-state index contributed by atoms with van der Waals surface area (Å²) in [6.45, 7) is 8.20. The number of unbranched alkanes of at least 4 members (excludes halogenated alkanes) is 1. The first kappa shape index (κ1) is 24.5. The number of nitrogens with zero attached hydrogens (tertiary/aromatic N) is 4. The van der Waals surface area contributed by atoms with Gasteiger partial charge in [0.1, 0.15) is 17.4 Å². The topological polar surface area (TPSA) is 87.6 Å². The number of rotatable bonds is 12. The molecule has 1 aliphatic carbocycles. The molecule has 9 heteroatoms. The van der Waals surface area contributed by atoms with E-state index in [4.69, 9.17) is 9.47 Å². The van der Waals surface area contributed by atoms with Crippen LogP contribution in [-0.4, -0.2) is 53.7 Å². The summed E-state index contributed by atoms with van der Waals surface area (Å²) in [7, 11) is 0. The molecule has 0 bridgehead atoms. The second-order valence-corrected chi connectivity index (χ2v) is 9.86. The van der Waals surface area contributed by atoms with Crippen molar-refractivity contribution in [3.8, 4) is 5.75 Å². The zero-order valence-corrected chi connectivity index (χ0v) is 20.3. The van der Waals surface area contributed by atoms with Crippen LogP contribution in [0.1, 0.15) is 48.6 Å². The molecule has 1 saturated carbocycles. The molecule has 34 heavy (non-hydrogen) atoms. The lowest BCUT2D eigenvalue weighted by Gasteiger charge is -2.38. The van der Waals surface area contributed by atoms with Gasteiger partial charge in [-0.15, -0.1) is 18.3 Å². The van der Waals surface area contributed by atoms with E-state index >= 15 is 0 Å². The smallest absolute Gasteiger partial charge is 0.348 e. The molecule has 182 valence electrons. The number of quaternary nitrogens is 1. The lowest BCUT2D eigenvalue weighted by Crippen LogP contribution is -2.51. The summed E-state index contributed by atoms with van der Waals surface area (Å²) in [5, 5.41) is 23.6. The second-order valence-electron chi connectivity index (χ2n) is 8.87. The van der Waals surface area contributed by atoms with Crippen molar-refractivity contribution < 1.29 is 14.3 Å². The minimum Gasteiger partial charge on any atom is -0.622 e. The average Bonchev–Trinajstić information content (AvgIpc) is 3.38. The van der Waals surface area contributed by atoms with Crippen molar-refractivity contribution in [1.82, 2.24) is 19.7 Å². The van der Waals surface area contributed by atoms with Crippen molar-refractivity contribution in [3.63, 3.8) is 0 Å². The highest BCUT2D eigenvalue weighted by molar-refractivity contribution is 7.15. The number of hydroxylamine groups is 2. The van der Waals surface area contributed by atoms with Gasteiger partial charge in [-0.05, 0) is 61.1 Å². The Balaban J connectivity index is 1.36. The quantitative estimate of drug-likeness (QED) is 0.144. The van der Waals surface area contributed by atoms with E-state index < -0.39 is 16.8 Å². The van der Waals surface area contributed by atoms with Crippen LogP contribution in [0.25, 0.3) is 0 Å². The first-order chi connectivity index (χ1) is 16.5. The Labute approximate surface area is 204 Å². The molecule has 0 spiro atoms. The van der Waals surface area contributed by atoms with Crippen LogP contribution in [0.3, 0.4) is 0 Å². The van der Waals surface area contributed by atoms with E-state index in [9.17, 15) is 10.0 Å². The monoisotopic (exact) mass is 484 g/mol. The normalized spacial score (nSPS) is 22.8. The zero-order valence-electron chi connectivity index (χ0n) is 19.4. The molecule has 2 fully saturated rings. The number of ether oxygens (including phenoxy) is 2. The maximum Gasteiger partial charge on any atom is 0.348 e. The number of esters is 1. The lowest BCUT2D eigenvalue weighted by atomic mass is 9.86. The Morgan fingerprint density at radius 3 is 2.71 bits per heavy atom. The van der Waals surface area contributed by atoms with Crippen LogP contribution < -0.4 is 9.38 Å². The van der Waals surface area contributed by atoms with E-state index in [1.54, 1.807) is 6.08 Å². The molecule has 4 rings (SSSR count). The van der Waals surface area contributed by atoms with Gasteiger partial charge in [-0.3, -0.25) is 4.65 Å². The van der Waals surface area contributed by atoms with E-state index in [-0.39, 0.29) is 13.3 Å². The van der Waals surface area contributed by atoms with E-state index in [0.29, 0.717) is 29.9 Å². The molecule has 2 aromatic rings. The molecule has 8 nitrogen and oxygen atoms in total. The first-order valence-corrected chi connectivity index (χ1v) is 12.6. The van der Waals surface area contributed by atoms with Crippen LogP contribution in [-0.2, 0) is 16.0 Å². The maximum atomic E-state index is 13.9.